The largest absolute Gasteiger partial charge is 2.00 e. The van der Waals surface area contributed by atoms with Gasteiger partial charge in [0.1, 0.15) is 5.82 Å². The van der Waals surface area contributed by atoms with Crippen molar-refractivity contribution in [3.63, 3.8) is 0 Å². The van der Waals surface area contributed by atoms with E-state index in [9.17, 15) is 35.5 Å². The standard InChI is InChI=1S/C21H15ClF7N3O2.Ni/c22-15-8-14(3-4-16(15)23)32(19(33)31-6-5-20(25,26)11-31)9-13-2-1-12(7-17(13)24)10-34-18(30)21(27,28)29;/h1-4,7-8,10H,5-6,9,11H2;/q-2;+2. The molecule has 0 aromatic heterocycles. The van der Waals surface area contributed by atoms with E-state index in [-0.39, 0.29) is 44.9 Å². The van der Waals surface area contributed by atoms with Gasteiger partial charge in [-0.1, -0.05) is 11.6 Å². The summed E-state index contributed by atoms with van der Waals surface area (Å²) >= 11 is 5.77. The van der Waals surface area contributed by atoms with Gasteiger partial charge in [0, 0.05) is 18.7 Å². The molecule has 0 aliphatic carbocycles. The van der Waals surface area contributed by atoms with E-state index >= 15 is 0 Å². The minimum absolute atomic E-state index is 0. The van der Waals surface area contributed by atoms with Crippen LogP contribution in [0.2, 0.25) is 5.02 Å². The molecule has 2 aromatic carbocycles. The molecular formula is C21H15ClF7N3NiO2. The van der Waals surface area contributed by atoms with Gasteiger partial charge in [0.2, 0.25) is 0 Å². The minimum Gasteiger partial charge on any atom is -0.768 e. The van der Waals surface area contributed by atoms with Crippen LogP contribution in [-0.4, -0.2) is 42.0 Å². The summed E-state index contributed by atoms with van der Waals surface area (Å²) in [5.41, 5.74) is -0.311. The molecule has 0 N–H and O–H groups in total. The fourth-order valence-corrected chi connectivity index (χ4v) is 3.29. The van der Waals surface area contributed by atoms with Crippen molar-refractivity contribution in [3.05, 3.63) is 76.2 Å². The van der Waals surface area contributed by atoms with Crippen LogP contribution in [0, 0.1) is 18.2 Å². The van der Waals surface area contributed by atoms with E-state index in [4.69, 9.17) is 17.0 Å². The molecule has 14 heteroatoms. The summed E-state index contributed by atoms with van der Waals surface area (Å²) in [6.45, 7) is -1.14. The van der Waals surface area contributed by atoms with Crippen LogP contribution in [0.15, 0.2) is 36.4 Å². The second-order valence-electron chi connectivity index (χ2n) is 7.38. The Morgan fingerprint density at radius 3 is 2.40 bits per heavy atom. The Labute approximate surface area is 210 Å². The molecule has 0 saturated carbocycles. The monoisotopic (exact) mass is 567 g/mol. The number of halogens is 8. The summed E-state index contributed by atoms with van der Waals surface area (Å²) in [4.78, 5) is 14.8. The van der Waals surface area contributed by atoms with E-state index in [0.717, 1.165) is 46.2 Å². The van der Waals surface area contributed by atoms with Crippen molar-refractivity contribution in [3.8, 4) is 0 Å². The molecule has 1 saturated heterocycles. The van der Waals surface area contributed by atoms with Crippen LogP contribution in [0.25, 0.3) is 5.41 Å². The molecule has 1 heterocycles. The van der Waals surface area contributed by atoms with E-state index in [2.05, 4.69) is 4.74 Å². The summed E-state index contributed by atoms with van der Waals surface area (Å²) in [6.07, 6.45) is -5.68. The predicted octanol–water partition coefficient (Wildman–Crippen LogP) is 6.14. The van der Waals surface area contributed by atoms with E-state index in [1.54, 1.807) is 0 Å². The second-order valence-corrected chi connectivity index (χ2v) is 7.79. The number of carbonyl (C=O) groups is 1. The molecule has 35 heavy (non-hydrogen) atoms. The summed E-state index contributed by atoms with van der Waals surface area (Å²) in [5, 5.41) is 8.41. The Morgan fingerprint density at radius 2 is 1.86 bits per heavy atom. The minimum atomic E-state index is -5.13. The summed E-state index contributed by atoms with van der Waals surface area (Å²) in [6, 6.07) is 5.34. The Bertz CT molecular complexity index is 1100. The molecule has 0 atom stereocenters. The number of nitrogens with zero attached hydrogens (tertiary/aromatic N) is 3. The maximum atomic E-state index is 14.7. The topological polar surface area (TPSA) is 55.1 Å². The zero-order chi connectivity index (χ0) is 25.3. The van der Waals surface area contributed by atoms with E-state index < -0.39 is 55.2 Å². The normalized spacial score (nSPS) is 14.8. The Hall–Kier alpha value is -2.66. The van der Waals surface area contributed by atoms with Gasteiger partial charge in [-0.2, -0.15) is 24.8 Å². The average molecular weight is 569 g/mol. The van der Waals surface area contributed by atoms with Crippen LogP contribution in [0.1, 0.15) is 17.5 Å². The van der Waals surface area contributed by atoms with Crippen LogP contribution in [0.5, 0.6) is 0 Å². The van der Waals surface area contributed by atoms with Crippen molar-refractivity contribution < 1.29 is 56.8 Å². The molecule has 1 aliphatic heterocycles. The molecule has 0 radical (unpaired) electrons. The van der Waals surface area contributed by atoms with Gasteiger partial charge in [0.15, 0.2) is 0 Å². The molecule has 0 spiro atoms. The van der Waals surface area contributed by atoms with Crippen LogP contribution in [0.3, 0.4) is 0 Å². The molecule has 2 aromatic rings. The van der Waals surface area contributed by atoms with Crippen molar-refractivity contribution in [2.45, 2.75) is 25.1 Å². The molecule has 1 fully saturated rings. The van der Waals surface area contributed by atoms with Gasteiger partial charge in [-0.25, -0.2) is 22.4 Å². The SMILES string of the molecule is [N-]=C(O[CH-]c1ccc(CN(C(=O)N2CCC(F)(F)C2)c2ccc(F)c(Cl)c2)c(F)c1)C(F)(F)F.[Ni+2]. The number of benzene rings is 2. The van der Waals surface area contributed by atoms with E-state index in [1.165, 1.54) is 0 Å². The van der Waals surface area contributed by atoms with Gasteiger partial charge in [-0.05, 0) is 30.4 Å². The molecule has 0 unspecified atom stereocenters. The van der Waals surface area contributed by atoms with Gasteiger partial charge in [-0.3, -0.25) is 4.90 Å². The van der Waals surface area contributed by atoms with Crippen molar-refractivity contribution in [2.75, 3.05) is 18.0 Å². The van der Waals surface area contributed by atoms with Gasteiger partial charge in [0.05, 0.1) is 29.8 Å². The first-order valence-corrected chi connectivity index (χ1v) is 9.95. The zero-order valence-corrected chi connectivity index (χ0v) is 19.1. The van der Waals surface area contributed by atoms with Gasteiger partial charge < -0.3 is 15.0 Å². The average Bonchev–Trinajstić information content (AvgIpc) is 3.12. The molecule has 5 nitrogen and oxygen atoms in total. The Kier molecular flexibility index (Phi) is 8.94. The predicted molar refractivity (Wildman–Crippen MR) is 109 cm³/mol. The quantitative estimate of drug-likeness (QED) is 0.143. The fraction of sp³-hybridized carbons (Fsp3) is 0.286. The van der Waals surface area contributed by atoms with Gasteiger partial charge >= 0.3 is 28.7 Å². The molecular weight excluding hydrogens is 553 g/mol. The van der Waals surface area contributed by atoms with Crippen LogP contribution < -0.4 is 4.90 Å². The summed E-state index contributed by atoms with van der Waals surface area (Å²) in [5.74, 6) is -7.11. The Morgan fingerprint density at radius 1 is 1.17 bits per heavy atom. The molecule has 3 rings (SSSR count). The number of ether oxygens (including phenoxy) is 1. The third-order valence-electron chi connectivity index (χ3n) is 4.84. The van der Waals surface area contributed by atoms with E-state index in [1.807, 2.05) is 0 Å². The first kappa shape index (κ1) is 28.6. The molecule has 0 bridgehead atoms. The maximum Gasteiger partial charge on any atom is 2.00 e. The van der Waals surface area contributed by atoms with Crippen LogP contribution in [0.4, 0.5) is 41.2 Å². The van der Waals surface area contributed by atoms with Gasteiger partial charge in [-0.15, -0.1) is 12.1 Å². The summed E-state index contributed by atoms with van der Waals surface area (Å²) < 4.78 is 96.4. The number of anilines is 1. The third kappa shape index (κ3) is 7.17. The number of amides is 2. The number of hydrogen-bond acceptors (Lipinski definition) is 2. The van der Waals surface area contributed by atoms with Crippen molar-refractivity contribution in [1.82, 2.24) is 4.90 Å². The number of hydrogen-bond donors (Lipinski definition) is 0. The van der Waals surface area contributed by atoms with E-state index in [0.29, 0.717) is 6.61 Å². The third-order valence-corrected chi connectivity index (χ3v) is 5.13. The number of rotatable bonds is 5. The van der Waals surface area contributed by atoms with Crippen molar-refractivity contribution in [2.24, 2.45) is 0 Å². The number of likely N-dealkylation sites (tertiary alicyclic amines) is 1. The maximum absolute atomic E-state index is 14.7. The van der Waals surface area contributed by atoms with Crippen LogP contribution >= 0.6 is 11.6 Å². The fourth-order valence-electron chi connectivity index (χ4n) is 3.12. The number of carbonyl (C=O) groups excluding carboxylic acids is 1. The Balaban J connectivity index is 0.00000432. The van der Waals surface area contributed by atoms with Crippen molar-refractivity contribution in [1.29, 1.82) is 0 Å². The van der Waals surface area contributed by atoms with Crippen LogP contribution in [-0.2, 0) is 27.8 Å². The summed E-state index contributed by atoms with van der Waals surface area (Å²) in [7, 11) is 0. The molecule has 192 valence electrons. The molecule has 1 aliphatic rings. The van der Waals surface area contributed by atoms with Crippen molar-refractivity contribution >= 4 is 29.2 Å². The first-order valence-electron chi connectivity index (χ1n) is 9.57. The number of alkyl halides is 5. The molecule has 2 amide bonds. The number of urea groups is 1. The zero-order valence-electron chi connectivity index (χ0n) is 17.4. The smallest absolute Gasteiger partial charge is 0.768 e. The first-order chi connectivity index (χ1) is 15.8. The van der Waals surface area contributed by atoms with Gasteiger partial charge in [0.25, 0.3) is 5.92 Å². The second kappa shape index (κ2) is 10.9.